The molecule has 3 aromatic rings. The van der Waals surface area contributed by atoms with Crippen molar-refractivity contribution in [2.24, 2.45) is 0 Å². The number of aromatic nitrogens is 1. The summed E-state index contributed by atoms with van der Waals surface area (Å²) in [6.45, 7) is 4.08. The van der Waals surface area contributed by atoms with Gasteiger partial charge in [0.2, 0.25) is 5.91 Å². The van der Waals surface area contributed by atoms with Gasteiger partial charge in [-0.1, -0.05) is 6.08 Å². The van der Waals surface area contributed by atoms with Crippen LogP contribution in [0.1, 0.15) is 12.8 Å². The maximum atomic E-state index is 12.2. The molecule has 0 saturated carbocycles. The minimum Gasteiger partial charge on any atom is -0.407 e. The zero-order valence-electron chi connectivity index (χ0n) is 17.0. The normalized spacial score (nSPS) is 10.5. The number of benzene rings is 2. The number of fused-ring (bicyclic) bond motifs is 1. The molecule has 2 aromatic carbocycles. The van der Waals surface area contributed by atoms with Gasteiger partial charge in [0.1, 0.15) is 0 Å². The van der Waals surface area contributed by atoms with E-state index >= 15 is 0 Å². The van der Waals surface area contributed by atoms with Gasteiger partial charge in [0.05, 0.1) is 16.5 Å². The molecular weight excluding hydrogens is 418 g/mol. The number of nitrogens with zero attached hydrogens (tertiary/aromatic N) is 2. The summed E-state index contributed by atoms with van der Waals surface area (Å²) in [5, 5.41) is 18.8. The molecule has 0 saturated heterocycles. The molecule has 32 heavy (non-hydrogen) atoms. The first-order valence-electron chi connectivity index (χ1n) is 9.71. The monoisotopic (exact) mass is 439 g/mol. The summed E-state index contributed by atoms with van der Waals surface area (Å²) in [5.41, 5.74) is 1.51. The summed E-state index contributed by atoms with van der Waals surface area (Å²) in [5.74, 6) is -0.882. The van der Waals surface area contributed by atoms with Crippen molar-refractivity contribution in [2.75, 3.05) is 17.2 Å². The molecule has 3 N–H and O–H groups in total. The van der Waals surface area contributed by atoms with Crippen molar-refractivity contribution < 1.29 is 18.9 Å². The number of hydrogen-bond acceptors (Lipinski definition) is 6. The van der Waals surface area contributed by atoms with Gasteiger partial charge in [0.15, 0.2) is 5.58 Å². The van der Waals surface area contributed by atoms with E-state index in [4.69, 9.17) is 4.42 Å². The van der Waals surface area contributed by atoms with Gasteiger partial charge in [-0.2, -0.15) is 0 Å². The maximum Gasteiger partial charge on any atom is 0.419 e. The third-order valence-corrected chi connectivity index (χ3v) is 4.48. The molecule has 0 atom stereocenters. The molecule has 11 nitrogen and oxygen atoms in total. The molecule has 166 valence electrons. The number of aryl methyl sites for hydroxylation is 1. The molecule has 0 aliphatic carbocycles. The number of nitro groups is 1. The number of carbonyl (C=O) groups excluding carboxylic acids is 2. The van der Waals surface area contributed by atoms with Crippen LogP contribution in [-0.2, 0) is 11.3 Å². The lowest BCUT2D eigenvalue weighted by Gasteiger charge is -2.08. The number of nitrogens with one attached hydrogen (secondary N) is 3. The summed E-state index contributed by atoms with van der Waals surface area (Å²) < 4.78 is 6.40. The summed E-state index contributed by atoms with van der Waals surface area (Å²) in [6.07, 6.45) is 2.08. The summed E-state index contributed by atoms with van der Waals surface area (Å²) in [4.78, 5) is 46.1. The van der Waals surface area contributed by atoms with Crippen molar-refractivity contribution in [3.8, 4) is 0 Å². The van der Waals surface area contributed by atoms with Crippen molar-refractivity contribution in [3.63, 3.8) is 0 Å². The van der Waals surface area contributed by atoms with Gasteiger partial charge >= 0.3 is 11.8 Å². The minimum absolute atomic E-state index is 0.125. The van der Waals surface area contributed by atoms with E-state index in [1.165, 1.54) is 22.8 Å². The number of hydrogen-bond donors (Lipinski definition) is 3. The lowest BCUT2D eigenvalue weighted by atomic mass is 10.2. The first-order valence-corrected chi connectivity index (χ1v) is 9.71. The van der Waals surface area contributed by atoms with Gasteiger partial charge in [0.25, 0.3) is 5.69 Å². The Balaban J connectivity index is 1.52. The maximum absolute atomic E-state index is 12.2. The van der Waals surface area contributed by atoms with Crippen LogP contribution in [-0.4, -0.2) is 28.0 Å². The SMILES string of the molecule is C=CCNC(=O)Nc1ccc(NC(=O)CCCn2c(=O)oc3cc([N+](=O)[O-])ccc32)cc1. The van der Waals surface area contributed by atoms with Crippen LogP contribution in [0, 0.1) is 10.1 Å². The summed E-state index contributed by atoms with van der Waals surface area (Å²) >= 11 is 0. The molecule has 0 spiro atoms. The predicted molar refractivity (Wildman–Crippen MR) is 119 cm³/mol. The Hall–Kier alpha value is -4.41. The zero-order chi connectivity index (χ0) is 23.1. The summed E-state index contributed by atoms with van der Waals surface area (Å²) in [7, 11) is 0. The second-order valence-electron chi connectivity index (χ2n) is 6.78. The molecule has 0 bridgehead atoms. The van der Waals surface area contributed by atoms with Gasteiger partial charge in [-0.05, 0) is 36.8 Å². The molecule has 0 fully saturated rings. The quantitative estimate of drug-likeness (QED) is 0.265. The number of non-ortho nitro benzene ring substituents is 1. The highest BCUT2D eigenvalue weighted by Gasteiger charge is 2.14. The van der Waals surface area contributed by atoms with E-state index in [0.29, 0.717) is 29.9 Å². The topological polar surface area (TPSA) is 149 Å². The van der Waals surface area contributed by atoms with E-state index in [1.54, 1.807) is 30.3 Å². The lowest BCUT2D eigenvalue weighted by molar-refractivity contribution is -0.384. The number of amides is 3. The van der Waals surface area contributed by atoms with Gasteiger partial charge in [-0.15, -0.1) is 6.58 Å². The fourth-order valence-corrected chi connectivity index (χ4v) is 2.98. The second-order valence-corrected chi connectivity index (χ2v) is 6.78. The van der Waals surface area contributed by atoms with Crippen LogP contribution < -0.4 is 21.7 Å². The molecule has 0 aliphatic rings. The van der Waals surface area contributed by atoms with Crippen molar-refractivity contribution >= 4 is 40.1 Å². The first-order chi connectivity index (χ1) is 15.4. The number of anilines is 2. The Labute approximate surface area is 181 Å². The number of rotatable bonds is 9. The zero-order valence-corrected chi connectivity index (χ0v) is 17.0. The van der Waals surface area contributed by atoms with Crippen LogP contribution in [0.25, 0.3) is 11.1 Å². The molecule has 3 rings (SSSR count). The van der Waals surface area contributed by atoms with Gasteiger partial charge in [-0.25, -0.2) is 9.59 Å². The Kier molecular flexibility index (Phi) is 7.01. The average molecular weight is 439 g/mol. The van der Waals surface area contributed by atoms with Gasteiger partial charge in [-0.3, -0.25) is 19.5 Å². The Morgan fingerprint density at radius 2 is 1.81 bits per heavy atom. The highest BCUT2D eigenvalue weighted by Crippen LogP contribution is 2.20. The van der Waals surface area contributed by atoms with Crippen LogP contribution in [0.15, 0.2) is 64.3 Å². The minimum atomic E-state index is -0.638. The second kappa shape index (κ2) is 10.1. The molecule has 0 radical (unpaired) electrons. The average Bonchev–Trinajstić information content (AvgIpc) is 3.08. The Morgan fingerprint density at radius 1 is 1.12 bits per heavy atom. The first kappa shape index (κ1) is 22.3. The molecule has 1 heterocycles. The standard InChI is InChI=1S/C21H21N5O6/c1-2-11-22-20(28)24-15-7-5-14(6-8-15)23-19(27)4-3-12-25-17-10-9-16(26(30)31)13-18(17)32-21(25)29/h2,5-10,13H,1,3-4,11-12H2,(H,23,27)(H2,22,24,28). The van der Waals surface area contributed by atoms with Crippen LogP contribution in [0.4, 0.5) is 21.9 Å². The van der Waals surface area contributed by atoms with Crippen LogP contribution in [0.3, 0.4) is 0 Å². The van der Waals surface area contributed by atoms with Crippen LogP contribution in [0.2, 0.25) is 0 Å². The highest BCUT2D eigenvalue weighted by molar-refractivity contribution is 5.92. The van der Waals surface area contributed by atoms with Crippen molar-refractivity contribution in [3.05, 3.63) is 75.8 Å². The van der Waals surface area contributed by atoms with E-state index in [-0.39, 0.29) is 36.2 Å². The van der Waals surface area contributed by atoms with Gasteiger partial charge < -0.3 is 20.4 Å². The predicted octanol–water partition coefficient (Wildman–Crippen LogP) is 3.23. The third-order valence-electron chi connectivity index (χ3n) is 4.48. The highest BCUT2D eigenvalue weighted by atomic mass is 16.6. The third kappa shape index (κ3) is 5.59. The van der Waals surface area contributed by atoms with E-state index in [9.17, 15) is 24.5 Å². The fraction of sp³-hybridized carbons (Fsp3) is 0.190. The lowest BCUT2D eigenvalue weighted by Crippen LogP contribution is -2.28. The number of urea groups is 1. The van der Waals surface area contributed by atoms with E-state index < -0.39 is 10.7 Å². The van der Waals surface area contributed by atoms with E-state index in [0.717, 1.165) is 0 Å². The van der Waals surface area contributed by atoms with E-state index in [1.807, 2.05) is 0 Å². The number of oxazole rings is 1. The van der Waals surface area contributed by atoms with Crippen LogP contribution >= 0.6 is 0 Å². The molecule has 11 heteroatoms. The van der Waals surface area contributed by atoms with E-state index in [2.05, 4.69) is 22.5 Å². The van der Waals surface area contributed by atoms with Crippen molar-refractivity contribution in [1.29, 1.82) is 0 Å². The smallest absolute Gasteiger partial charge is 0.407 e. The Morgan fingerprint density at radius 3 is 2.47 bits per heavy atom. The molecular formula is C21H21N5O6. The van der Waals surface area contributed by atoms with Crippen molar-refractivity contribution in [1.82, 2.24) is 9.88 Å². The molecule has 1 aromatic heterocycles. The molecule has 3 amide bonds. The summed E-state index contributed by atoms with van der Waals surface area (Å²) in [6, 6.07) is 10.2. The van der Waals surface area contributed by atoms with Crippen molar-refractivity contribution in [2.45, 2.75) is 19.4 Å². The largest absolute Gasteiger partial charge is 0.419 e. The van der Waals surface area contributed by atoms with Crippen LogP contribution in [0.5, 0.6) is 0 Å². The number of nitro benzene ring substituents is 1. The Bertz CT molecular complexity index is 1210. The molecule has 0 unspecified atom stereocenters. The molecule has 0 aliphatic heterocycles. The fourth-order valence-electron chi connectivity index (χ4n) is 2.98. The number of carbonyl (C=O) groups is 2. The van der Waals surface area contributed by atoms with Gasteiger partial charge in [0, 0.05) is 37.0 Å².